The molecule has 3 rings (SSSR count). The van der Waals surface area contributed by atoms with Crippen LogP contribution in [0.1, 0.15) is 5.56 Å². The first-order chi connectivity index (χ1) is 9.78. The molecule has 0 spiro atoms. The normalized spacial score (nSPS) is 10.2. The van der Waals surface area contributed by atoms with Gasteiger partial charge in [0, 0.05) is 5.56 Å². The van der Waals surface area contributed by atoms with Gasteiger partial charge in [-0.05, 0) is 24.3 Å². The quantitative estimate of drug-likeness (QED) is 0.770. The molecule has 0 aliphatic carbocycles. The largest absolute Gasteiger partial charge is 0.396 e. The van der Waals surface area contributed by atoms with Crippen molar-refractivity contribution < 1.29 is 0 Å². The van der Waals surface area contributed by atoms with Crippen LogP contribution in [0.25, 0.3) is 16.9 Å². The van der Waals surface area contributed by atoms with E-state index < -0.39 is 0 Å². The lowest BCUT2D eigenvalue weighted by molar-refractivity contribution is 0.884. The Kier molecular flexibility index (Phi) is 2.94. The second kappa shape index (κ2) is 4.90. The number of hydrogen-bond donors (Lipinski definition) is 1. The highest BCUT2D eigenvalue weighted by molar-refractivity contribution is 5.73. The maximum atomic E-state index is 8.95. The number of rotatable bonds is 2. The van der Waals surface area contributed by atoms with Gasteiger partial charge < -0.3 is 5.73 Å². The zero-order valence-corrected chi connectivity index (χ0v) is 10.7. The molecule has 0 saturated heterocycles. The van der Waals surface area contributed by atoms with Crippen LogP contribution in [0.2, 0.25) is 0 Å². The van der Waals surface area contributed by atoms with E-state index in [0.717, 1.165) is 11.3 Å². The molecule has 4 nitrogen and oxygen atoms in total. The maximum absolute atomic E-state index is 8.95. The van der Waals surface area contributed by atoms with E-state index in [1.54, 1.807) is 23.0 Å². The average Bonchev–Trinajstić information content (AvgIpc) is 2.90. The van der Waals surface area contributed by atoms with Gasteiger partial charge in [0.1, 0.15) is 5.69 Å². The minimum absolute atomic E-state index is 0.587. The second-order valence-electron chi connectivity index (χ2n) is 4.41. The standard InChI is InChI=1S/C16H12N4/c17-10-12-5-4-6-13(9-12)16-15(18)11-20(19-16)14-7-2-1-3-8-14/h1-9,11H,18H2. The lowest BCUT2D eigenvalue weighted by Gasteiger charge is -2.00. The van der Waals surface area contributed by atoms with Crippen LogP contribution in [-0.2, 0) is 0 Å². The van der Waals surface area contributed by atoms with Crippen LogP contribution in [0, 0.1) is 11.3 Å². The maximum Gasteiger partial charge on any atom is 0.116 e. The summed E-state index contributed by atoms with van der Waals surface area (Å²) in [5.41, 5.74) is 9.69. The monoisotopic (exact) mass is 260 g/mol. The van der Waals surface area contributed by atoms with Gasteiger partial charge in [0.25, 0.3) is 0 Å². The van der Waals surface area contributed by atoms with E-state index in [-0.39, 0.29) is 0 Å². The first-order valence-corrected chi connectivity index (χ1v) is 6.19. The molecule has 0 fully saturated rings. The Morgan fingerprint density at radius 1 is 1.05 bits per heavy atom. The molecule has 0 aliphatic heterocycles. The van der Waals surface area contributed by atoms with Crippen LogP contribution >= 0.6 is 0 Å². The highest BCUT2D eigenvalue weighted by Gasteiger charge is 2.10. The lowest BCUT2D eigenvalue weighted by Crippen LogP contribution is -1.94. The summed E-state index contributed by atoms with van der Waals surface area (Å²) in [6, 6.07) is 19.2. The second-order valence-corrected chi connectivity index (χ2v) is 4.41. The van der Waals surface area contributed by atoms with Crippen molar-refractivity contribution >= 4 is 5.69 Å². The van der Waals surface area contributed by atoms with Crippen molar-refractivity contribution in [2.24, 2.45) is 0 Å². The van der Waals surface area contributed by atoms with Crippen LogP contribution < -0.4 is 5.73 Å². The summed E-state index contributed by atoms with van der Waals surface area (Å²) in [7, 11) is 0. The number of nitrogen functional groups attached to an aromatic ring is 1. The van der Waals surface area contributed by atoms with Gasteiger partial charge in [-0.15, -0.1) is 0 Å². The highest BCUT2D eigenvalue weighted by atomic mass is 15.3. The number of nitrogens with zero attached hydrogens (tertiary/aromatic N) is 3. The Labute approximate surface area is 116 Å². The van der Waals surface area contributed by atoms with Crippen molar-refractivity contribution in [3.05, 3.63) is 66.4 Å². The fourth-order valence-corrected chi connectivity index (χ4v) is 2.06. The summed E-state index contributed by atoms with van der Waals surface area (Å²) in [6.07, 6.45) is 1.78. The van der Waals surface area contributed by atoms with Crippen molar-refractivity contribution in [1.82, 2.24) is 9.78 Å². The molecule has 1 heterocycles. The predicted octanol–water partition coefficient (Wildman–Crippen LogP) is 2.99. The Morgan fingerprint density at radius 3 is 2.60 bits per heavy atom. The summed E-state index contributed by atoms with van der Waals surface area (Å²) < 4.78 is 1.74. The first-order valence-electron chi connectivity index (χ1n) is 6.19. The number of para-hydroxylation sites is 1. The van der Waals surface area contributed by atoms with Gasteiger partial charge in [-0.25, -0.2) is 4.68 Å². The van der Waals surface area contributed by atoms with E-state index in [2.05, 4.69) is 11.2 Å². The highest BCUT2D eigenvalue weighted by Crippen LogP contribution is 2.25. The molecule has 0 atom stereocenters. The van der Waals surface area contributed by atoms with E-state index in [9.17, 15) is 0 Å². The molecule has 0 amide bonds. The van der Waals surface area contributed by atoms with Crippen molar-refractivity contribution in [3.8, 4) is 23.0 Å². The van der Waals surface area contributed by atoms with Gasteiger partial charge in [-0.1, -0.05) is 30.3 Å². The molecule has 4 heteroatoms. The molecular formula is C16H12N4. The molecule has 2 aromatic carbocycles. The molecule has 0 unspecified atom stereocenters. The number of aromatic nitrogens is 2. The zero-order valence-electron chi connectivity index (χ0n) is 10.7. The smallest absolute Gasteiger partial charge is 0.116 e. The van der Waals surface area contributed by atoms with Gasteiger partial charge >= 0.3 is 0 Å². The van der Waals surface area contributed by atoms with E-state index in [1.807, 2.05) is 42.5 Å². The van der Waals surface area contributed by atoms with E-state index in [0.29, 0.717) is 16.9 Å². The summed E-state index contributed by atoms with van der Waals surface area (Å²) >= 11 is 0. The Hall–Kier alpha value is -3.06. The number of hydrogen-bond acceptors (Lipinski definition) is 3. The molecule has 0 radical (unpaired) electrons. The summed E-state index contributed by atoms with van der Waals surface area (Å²) in [4.78, 5) is 0. The van der Waals surface area contributed by atoms with Gasteiger partial charge in [0.15, 0.2) is 0 Å². The molecule has 2 N–H and O–H groups in total. The fourth-order valence-electron chi connectivity index (χ4n) is 2.06. The van der Waals surface area contributed by atoms with Gasteiger partial charge in [-0.2, -0.15) is 10.4 Å². The molecule has 0 aliphatic rings. The van der Waals surface area contributed by atoms with Crippen LogP contribution in [0.15, 0.2) is 60.8 Å². The van der Waals surface area contributed by atoms with E-state index in [4.69, 9.17) is 11.0 Å². The fraction of sp³-hybridized carbons (Fsp3) is 0. The molecule has 20 heavy (non-hydrogen) atoms. The van der Waals surface area contributed by atoms with Crippen LogP contribution in [0.3, 0.4) is 0 Å². The molecule has 0 bridgehead atoms. The van der Waals surface area contributed by atoms with E-state index >= 15 is 0 Å². The summed E-state index contributed by atoms with van der Waals surface area (Å²) in [5, 5.41) is 13.5. The van der Waals surface area contributed by atoms with Crippen LogP contribution in [0.4, 0.5) is 5.69 Å². The SMILES string of the molecule is N#Cc1cccc(-c2nn(-c3ccccc3)cc2N)c1. The molecule has 3 aromatic rings. The van der Waals surface area contributed by atoms with Gasteiger partial charge in [0.05, 0.1) is 29.2 Å². The van der Waals surface area contributed by atoms with Crippen molar-refractivity contribution in [2.75, 3.05) is 5.73 Å². The third-order valence-electron chi connectivity index (χ3n) is 3.03. The summed E-state index contributed by atoms with van der Waals surface area (Å²) in [5.74, 6) is 0. The topological polar surface area (TPSA) is 67.6 Å². The van der Waals surface area contributed by atoms with Gasteiger partial charge in [-0.3, -0.25) is 0 Å². The van der Waals surface area contributed by atoms with Crippen LogP contribution in [-0.4, -0.2) is 9.78 Å². The lowest BCUT2D eigenvalue weighted by atomic mass is 10.1. The Balaban J connectivity index is 2.08. The third-order valence-corrected chi connectivity index (χ3v) is 3.03. The third kappa shape index (κ3) is 2.13. The number of nitriles is 1. The Morgan fingerprint density at radius 2 is 1.85 bits per heavy atom. The Bertz CT molecular complexity index is 782. The first kappa shape index (κ1) is 12.0. The zero-order chi connectivity index (χ0) is 13.9. The van der Waals surface area contributed by atoms with E-state index in [1.165, 1.54) is 0 Å². The minimum Gasteiger partial charge on any atom is -0.396 e. The molecular weight excluding hydrogens is 248 g/mol. The van der Waals surface area contributed by atoms with Gasteiger partial charge in [0.2, 0.25) is 0 Å². The van der Waals surface area contributed by atoms with Crippen molar-refractivity contribution in [2.45, 2.75) is 0 Å². The molecule has 0 saturated carbocycles. The average molecular weight is 260 g/mol. The van der Waals surface area contributed by atoms with Crippen molar-refractivity contribution in [1.29, 1.82) is 5.26 Å². The summed E-state index contributed by atoms with van der Waals surface area (Å²) in [6.45, 7) is 0. The predicted molar refractivity (Wildman–Crippen MR) is 78.1 cm³/mol. The number of anilines is 1. The van der Waals surface area contributed by atoms with Crippen LogP contribution in [0.5, 0.6) is 0 Å². The minimum atomic E-state index is 0.587. The molecule has 96 valence electrons. The van der Waals surface area contributed by atoms with Crippen molar-refractivity contribution in [3.63, 3.8) is 0 Å². The molecule has 1 aromatic heterocycles. The number of benzene rings is 2. The number of nitrogens with two attached hydrogens (primary N) is 1.